The fourth-order valence-electron chi connectivity index (χ4n) is 3.03. The first-order chi connectivity index (χ1) is 8.22. The molecule has 4 nitrogen and oxygen atoms in total. The topological polar surface area (TPSA) is 58.2 Å². The van der Waals surface area contributed by atoms with Crippen LogP contribution in [0.5, 0.6) is 0 Å². The zero-order chi connectivity index (χ0) is 12.3. The number of hydrogen-bond acceptors (Lipinski definition) is 3. The number of carbonyl (C=O) groups excluding carboxylic acids is 2. The minimum atomic E-state index is -0.131. The Bertz CT molecular complexity index is 309. The van der Waals surface area contributed by atoms with Crippen molar-refractivity contribution in [3.05, 3.63) is 0 Å². The molecular weight excluding hydrogens is 236 g/mol. The maximum absolute atomic E-state index is 12.0. The molecule has 2 N–H and O–H groups in total. The molecule has 3 unspecified atom stereocenters. The molecule has 1 saturated carbocycles. The molecule has 1 aliphatic carbocycles. The van der Waals surface area contributed by atoms with E-state index >= 15 is 0 Å². The Labute approximate surface area is 107 Å². The van der Waals surface area contributed by atoms with Crippen LogP contribution < -0.4 is 10.6 Å². The van der Waals surface area contributed by atoms with Gasteiger partial charge >= 0.3 is 0 Å². The van der Waals surface area contributed by atoms with Gasteiger partial charge in [0, 0.05) is 24.8 Å². The second kappa shape index (κ2) is 5.76. The van der Waals surface area contributed by atoms with E-state index in [1.807, 2.05) is 0 Å². The Morgan fingerprint density at radius 2 is 2.18 bits per heavy atom. The molecule has 17 heavy (non-hydrogen) atoms. The van der Waals surface area contributed by atoms with Gasteiger partial charge in [-0.1, -0.05) is 12.8 Å². The second-order valence-electron chi connectivity index (χ2n) is 4.95. The third kappa shape index (κ3) is 2.94. The number of carbonyl (C=O) groups is 2. The van der Waals surface area contributed by atoms with E-state index in [0.717, 1.165) is 19.3 Å². The number of piperidine rings is 1. The highest BCUT2D eigenvalue weighted by atomic mass is 32.1. The first-order valence-corrected chi connectivity index (χ1v) is 7.03. The van der Waals surface area contributed by atoms with Crippen LogP contribution in [0.1, 0.15) is 32.1 Å². The molecule has 0 radical (unpaired) electrons. The maximum Gasteiger partial charge on any atom is 0.224 e. The average molecular weight is 256 g/mol. The molecule has 5 heteroatoms. The number of fused-ring (bicyclic) bond motifs is 1. The number of nitrogens with one attached hydrogen (secondary N) is 2. The van der Waals surface area contributed by atoms with Crippen LogP contribution in [-0.4, -0.2) is 30.2 Å². The van der Waals surface area contributed by atoms with Crippen molar-refractivity contribution in [3.63, 3.8) is 0 Å². The van der Waals surface area contributed by atoms with Gasteiger partial charge in [-0.05, 0) is 18.8 Å². The summed E-state index contributed by atoms with van der Waals surface area (Å²) in [7, 11) is 0. The summed E-state index contributed by atoms with van der Waals surface area (Å²) in [4.78, 5) is 23.6. The van der Waals surface area contributed by atoms with E-state index in [2.05, 4.69) is 23.3 Å². The minimum absolute atomic E-state index is 0.0270. The summed E-state index contributed by atoms with van der Waals surface area (Å²) >= 11 is 4.08. The lowest BCUT2D eigenvalue weighted by Gasteiger charge is -2.40. The number of thiol groups is 1. The molecule has 2 rings (SSSR count). The van der Waals surface area contributed by atoms with Crippen LogP contribution in [0.2, 0.25) is 0 Å². The van der Waals surface area contributed by atoms with E-state index in [9.17, 15) is 9.59 Å². The molecule has 0 aromatic heterocycles. The quantitative estimate of drug-likeness (QED) is 0.652. The Hall–Kier alpha value is -0.710. The lowest BCUT2D eigenvalue weighted by atomic mass is 9.72. The van der Waals surface area contributed by atoms with Gasteiger partial charge < -0.3 is 10.6 Å². The maximum atomic E-state index is 12.0. The molecule has 96 valence electrons. The van der Waals surface area contributed by atoms with E-state index in [1.165, 1.54) is 6.42 Å². The van der Waals surface area contributed by atoms with Crippen molar-refractivity contribution < 1.29 is 9.59 Å². The predicted octanol–water partition coefficient (Wildman–Crippen LogP) is 0.727. The smallest absolute Gasteiger partial charge is 0.224 e. The zero-order valence-electron chi connectivity index (χ0n) is 9.95. The van der Waals surface area contributed by atoms with Crippen molar-refractivity contribution in [1.82, 2.24) is 10.6 Å². The Balaban J connectivity index is 2.02. The monoisotopic (exact) mass is 256 g/mol. The third-order valence-corrected chi connectivity index (χ3v) is 4.06. The number of hydrogen-bond donors (Lipinski definition) is 3. The summed E-state index contributed by atoms with van der Waals surface area (Å²) < 4.78 is 0. The number of amides is 2. The van der Waals surface area contributed by atoms with Crippen LogP contribution in [-0.2, 0) is 9.59 Å². The van der Waals surface area contributed by atoms with Gasteiger partial charge in [0.15, 0.2) is 0 Å². The fourth-order valence-corrected chi connectivity index (χ4v) is 3.15. The normalized spacial score (nSPS) is 32.5. The molecule has 0 aromatic carbocycles. The Morgan fingerprint density at radius 3 is 2.94 bits per heavy atom. The van der Waals surface area contributed by atoms with Gasteiger partial charge in [-0.25, -0.2) is 0 Å². The van der Waals surface area contributed by atoms with Crippen molar-refractivity contribution in [1.29, 1.82) is 0 Å². The molecule has 0 spiro atoms. The van der Waals surface area contributed by atoms with Gasteiger partial charge in [-0.3, -0.25) is 9.59 Å². The van der Waals surface area contributed by atoms with Crippen molar-refractivity contribution in [2.24, 2.45) is 11.8 Å². The molecular formula is C12H20N2O2S. The molecule has 1 heterocycles. The lowest BCUT2D eigenvalue weighted by Crippen LogP contribution is -2.54. The van der Waals surface area contributed by atoms with Crippen LogP contribution in [0.4, 0.5) is 0 Å². The predicted molar refractivity (Wildman–Crippen MR) is 68.9 cm³/mol. The molecule has 2 fully saturated rings. The lowest BCUT2D eigenvalue weighted by molar-refractivity contribution is -0.137. The van der Waals surface area contributed by atoms with Gasteiger partial charge in [-0.15, -0.1) is 0 Å². The van der Waals surface area contributed by atoms with Gasteiger partial charge in [-0.2, -0.15) is 12.6 Å². The molecule has 2 amide bonds. The molecule has 1 aliphatic heterocycles. The summed E-state index contributed by atoms with van der Waals surface area (Å²) in [6.45, 7) is 0.581. The summed E-state index contributed by atoms with van der Waals surface area (Å²) in [5.41, 5.74) is 0. The second-order valence-corrected chi connectivity index (χ2v) is 5.39. The van der Waals surface area contributed by atoms with E-state index in [1.54, 1.807) is 0 Å². The molecule has 2 aliphatic rings. The molecule has 1 saturated heterocycles. The van der Waals surface area contributed by atoms with Crippen molar-refractivity contribution in [2.45, 2.75) is 38.1 Å². The van der Waals surface area contributed by atoms with E-state index < -0.39 is 0 Å². The van der Waals surface area contributed by atoms with E-state index in [0.29, 0.717) is 24.6 Å². The summed E-state index contributed by atoms with van der Waals surface area (Å²) in [6, 6.07) is 0.219. The fraction of sp³-hybridized carbons (Fsp3) is 0.833. The third-order valence-electron chi connectivity index (χ3n) is 3.84. The van der Waals surface area contributed by atoms with Crippen LogP contribution in [0, 0.1) is 11.8 Å². The molecule has 3 atom stereocenters. The Kier molecular flexibility index (Phi) is 4.31. The van der Waals surface area contributed by atoms with Gasteiger partial charge in [0.05, 0.1) is 5.92 Å². The molecule has 0 aromatic rings. The van der Waals surface area contributed by atoms with Gasteiger partial charge in [0.25, 0.3) is 0 Å². The van der Waals surface area contributed by atoms with Gasteiger partial charge in [0.1, 0.15) is 0 Å². The summed E-state index contributed by atoms with van der Waals surface area (Å²) in [5, 5.41) is 5.89. The standard InChI is InChI=1S/C12H20N2O2S/c15-11-7-9(12(16)13-5-6-17)8-3-1-2-4-10(8)14-11/h8-10,17H,1-7H2,(H,13,16)(H,14,15). The van der Waals surface area contributed by atoms with Crippen molar-refractivity contribution in [3.8, 4) is 0 Å². The highest BCUT2D eigenvalue weighted by Crippen LogP contribution is 2.35. The first-order valence-electron chi connectivity index (χ1n) is 6.40. The average Bonchev–Trinajstić information content (AvgIpc) is 2.34. The van der Waals surface area contributed by atoms with E-state index in [4.69, 9.17) is 0 Å². The van der Waals surface area contributed by atoms with Crippen molar-refractivity contribution >= 4 is 24.4 Å². The van der Waals surface area contributed by atoms with Crippen LogP contribution >= 0.6 is 12.6 Å². The summed E-state index contributed by atoms with van der Waals surface area (Å²) in [5.74, 6) is 0.902. The van der Waals surface area contributed by atoms with Crippen molar-refractivity contribution in [2.75, 3.05) is 12.3 Å². The van der Waals surface area contributed by atoms with E-state index in [-0.39, 0.29) is 23.8 Å². The van der Waals surface area contributed by atoms with Crippen LogP contribution in [0.25, 0.3) is 0 Å². The largest absolute Gasteiger partial charge is 0.355 e. The van der Waals surface area contributed by atoms with Crippen LogP contribution in [0.3, 0.4) is 0 Å². The zero-order valence-corrected chi connectivity index (χ0v) is 10.8. The molecule has 0 bridgehead atoms. The number of rotatable bonds is 3. The first kappa shape index (κ1) is 12.7. The summed E-state index contributed by atoms with van der Waals surface area (Å²) in [6.07, 6.45) is 4.76. The highest BCUT2D eigenvalue weighted by Gasteiger charge is 2.41. The van der Waals surface area contributed by atoms with Crippen LogP contribution in [0.15, 0.2) is 0 Å². The van der Waals surface area contributed by atoms with Gasteiger partial charge in [0.2, 0.25) is 11.8 Å². The minimum Gasteiger partial charge on any atom is -0.355 e. The SMILES string of the molecule is O=C1CC(C(=O)NCCS)C2CCCCC2N1. The highest BCUT2D eigenvalue weighted by molar-refractivity contribution is 7.80. The Morgan fingerprint density at radius 1 is 1.41 bits per heavy atom.